The first kappa shape index (κ1) is 26.0. The smallest absolute Gasteiger partial charge is 0.438 e. The summed E-state index contributed by atoms with van der Waals surface area (Å²) < 4.78 is 116. The van der Waals surface area contributed by atoms with Crippen molar-refractivity contribution in [1.29, 1.82) is 0 Å². The zero-order valence-electron chi connectivity index (χ0n) is 18.1. The molecule has 2 bridgehead atoms. The Morgan fingerprint density at radius 2 is 1.70 bits per heavy atom. The van der Waals surface area contributed by atoms with Crippen molar-refractivity contribution in [1.82, 2.24) is 4.90 Å². The molecule has 3 rings (SSSR count). The Kier molecular flexibility index (Phi) is 5.89. The number of likely N-dealkylation sites (tertiary alicyclic amines) is 1. The number of amides is 1. The molecule has 33 heavy (non-hydrogen) atoms. The van der Waals surface area contributed by atoms with Gasteiger partial charge in [0.25, 0.3) is 10.1 Å². The van der Waals surface area contributed by atoms with E-state index >= 15 is 0 Å². The number of ether oxygens (including phenoxy) is 1. The maximum Gasteiger partial charge on any atom is 0.438 e. The van der Waals surface area contributed by atoms with E-state index in [-0.39, 0.29) is 30.6 Å². The Morgan fingerprint density at radius 1 is 1.15 bits per heavy atom. The van der Waals surface area contributed by atoms with Crippen molar-refractivity contribution < 1.29 is 53.6 Å². The minimum atomic E-state index is -6.38. The normalized spacial score (nSPS) is 30.7. The molecule has 3 aliphatic rings. The van der Waals surface area contributed by atoms with Crippen LogP contribution in [-0.4, -0.2) is 65.5 Å². The molecule has 0 aromatic carbocycles. The van der Waals surface area contributed by atoms with Crippen molar-refractivity contribution in [2.24, 2.45) is 23.2 Å². The molecule has 0 aromatic heterocycles. The minimum Gasteiger partial charge on any atom is -0.438 e. The van der Waals surface area contributed by atoms with E-state index in [1.165, 1.54) is 0 Å². The van der Waals surface area contributed by atoms with Crippen molar-refractivity contribution >= 4 is 22.0 Å². The first-order valence-electron chi connectivity index (χ1n) is 10.3. The van der Waals surface area contributed by atoms with Crippen LogP contribution in [0.4, 0.5) is 26.3 Å². The molecule has 0 radical (unpaired) electrons. The zero-order valence-corrected chi connectivity index (χ0v) is 18.9. The number of esters is 1. The first-order chi connectivity index (χ1) is 14.6. The summed E-state index contributed by atoms with van der Waals surface area (Å²) in [6.07, 6.45) is -12.6. The highest BCUT2D eigenvalue weighted by Gasteiger charge is 2.76. The van der Waals surface area contributed by atoms with Gasteiger partial charge in [-0.2, -0.15) is 34.8 Å². The molecule has 190 valence electrons. The lowest BCUT2D eigenvalue weighted by Gasteiger charge is -2.38. The summed E-state index contributed by atoms with van der Waals surface area (Å²) in [5.74, 6) is -6.07. The van der Waals surface area contributed by atoms with Gasteiger partial charge in [-0.1, -0.05) is 0 Å². The second-order valence-electron chi connectivity index (χ2n) is 10.3. The second kappa shape index (κ2) is 7.46. The number of rotatable bonds is 5. The monoisotopic (exact) mass is 509 g/mol. The fraction of sp³-hybridized carbons (Fsp3) is 0.895. The summed E-state index contributed by atoms with van der Waals surface area (Å²) in [7, 11) is -5.86. The molecule has 1 amide bonds. The third-order valence-corrected chi connectivity index (χ3v) is 7.97. The lowest BCUT2D eigenvalue weighted by molar-refractivity contribution is -0.361. The van der Waals surface area contributed by atoms with Crippen LogP contribution in [-0.2, 0) is 24.4 Å². The highest BCUT2D eigenvalue weighted by molar-refractivity contribution is 7.85. The SMILES string of the molecule is CC(C)(C)N1CC2C3CCC(CC(=O)OC(CS(=O)(=O)O)(C(F)(F)F)C(F)(F)F)(C3)C2C1=O. The number of carbonyl (C=O) groups is 2. The average molecular weight is 509 g/mol. The Balaban J connectivity index is 1.92. The molecule has 3 fully saturated rings. The summed E-state index contributed by atoms with van der Waals surface area (Å²) in [6.45, 7) is 5.77. The van der Waals surface area contributed by atoms with Gasteiger partial charge in [0.05, 0.1) is 6.42 Å². The minimum absolute atomic E-state index is 0.00749. The molecule has 4 unspecified atom stereocenters. The highest BCUT2D eigenvalue weighted by atomic mass is 32.2. The maximum atomic E-state index is 13.5. The lowest BCUT2D eigenvalue weighted by atomic mass is 9.69. The number of fused-ring (bicyclic) bond motifs is 5. The van der Waals surface area contributed by atoms with Crippen molar-refractivity contribution in [3.63, 3.8) is 0 Å². The van der Waals surface area contributed by atoms with Crippen LogP contribution >= 0.6 is 0 Å². The fourth-order valence-corrected chi connectivity index (χ4v) is 6.76. The van der Waals surface area contributed by atoms with Crippen LogP contribution < -0.4 is 0 Å². The third-order valence-electron chi connectivity index (χ3n) is 7.20. The lowest BCUT2D eigenvalue weighted by Crippen LogP contribution is -2.63. The maximum absolute atomic E-state index is 13.5. The molecule has 7 nitrogen and oxygen atoms in total. The van der Waals surface area contributed by atoms with Gasteiger partial charge in [0.1, 0.15) is 5.75 Å². The van der Waals surface area contributed by atoms with Crippen LogP contribution in [0.15, 0.2) is 0 Å². The van der Waals surface area contributed by atoms with E-state index in [2.05, 4.69) is 4.74 Å². The number of nitrogens with zero attached hydrogens (tertiary/aromatic N) is 1. The van der Waals surface area contributed by atoms with E-state index in [9.17, 15) is 44.3 Å². The Morgan fingerprint density at radius 3 is 2.15 bits per heavy atom. The molecule has 1 aliphatic heterocycles. The van der Waals surface area contributed by atoms with Crippen LogP contribution in [0.5, 0.6) is 0 Å². The van der Waals surface area contributed by atoms with E-state index in [1.807, 2.05) is 0 Å². The predicted octanol–water partition coefficient (Wildman–Crippen LogP) is 3.34. The van der Waals surface area contributed by atoms with Gasteiger partial charge in [0, 0.05) is 18.0 Å². The molecule has 2 aliphatic carbocycles. The van der Waals surface area contributed by atoms with E-state index in [0.29, 0.717) is 13.0 Å². The van der Waals surface area contributed by atoms with Crippen molar-refractivity contribution in [3.05, 3.63) is 0 Å². The molecule has 1 heterocycles. The van der Waals surface area contributed by atoms with Gasteiger partial charge in [-0.3, -0.25) is 14.1 Å². The molecule has 14 heteroatoms. The molecule has 1 N–H and O–H groups in total. The van der Waals surface area contributed by atoms with Gasteiger partial charge < -0.3 is 9.64 Å². The quantitative estimate of drug-likeness (QED) is 0.347. The van der Waals surface area contributed by atoms with Crippen molar-refractivity contribution in [2.45, 2.75) is 69.9 Å². The third kappa shape index (κ3) is 4.32. The standard InChI is InChI=1S/C19H25F6NO6S/c1-15(2,3)26-8-11-10-4-5-16(6-10,13(11)14(26)28)7-12(27)32-17(18(20,21)22,19(23,24)25)9-33(29,30)31/h10-11,13H,4-9H2,1-3H3,(H,29,30,31). The molecule has 2 saturated carbocycles. The Bertz CT molecular complexity index is 926. The topological polar surface area (TPSA) is 101 Å². The van der Waals surface area contributed by atoms with Gasteiger partial charge in [0.15, 0.2) is 0 Å². The number of carbonyl (C=O) groups excluding carboxylic acids is 2. The Labute approximate surface area is 186 Å². The summed E-state index contributed by atoms with van der Waals surface area (Å²) in [5.41, 5.74) is -7.15. The summed E-state index contributed by atoms with van der Waals surface area (Å²) in [5, 5.41) is 0. The fourth-order valence-electron chi connectivity index (χ4n) is 5.86. The average Bonchev–Trinajstić information content (AvgIpc) is 3.20. The van der Waals surface area contributed by atoms with Gasteiger partial charge >= 0.3 is 23.9 Å². The van der Waals surface area contributed by atoms with E-state index < -0.39 is 63.1 Å². The molecule has 4 atom stereocenters. The largest absolute Gasteiger partial charge is 0.438 e. The zero-order chi connectivity index (χ0) is 25.4. The highest BCUT2D eigenvalue weighted by Crippen LogP contribution is 2.65. The van der Waals surface area contributed by atoms with Crippen LogP contribution in [0, 0.1) is 23.2 Å². The molecule has 0 aromatic rings. The van der Waals surface area contributed by atoms with Gasteiger partial charge in [-0.05, 0) is 57.3 Å². The summed E-state index contributed by atoms with van der Waals surface area (Å²) >= 11 is 0. The predicted molar refractivity (Wildman–Crippen MR) is 100 cm³/mol. The van der Waals surface area contributed by atoms with Gasteiger partial charge in [-0.25, -0.2) is 0 Å². The number of alkyl halides is 6. The van der Waals surface area contributed by atoms with Crippen molar-refractivity contribution in [2.75, 3.05) is 12.3 Å². The Hall–Kier alpha value is -1.57. The number of hydrogen-bond acceptors (Lipinski definition) is 5. The molecular formula is C19H25F6NO6S. The van der Waals surface area contributed by atoms with Gasteiger partial charge in [0.2, 0.25) is 5.91 Å². The van der Waals surface area contributed by atoms with E-state index in [4.69, 9.17) is 4.55 Å². The van der Waals surface area contributed by atoms with Crippen LogP contribution in [0.2, 0.25) is 0 Å². The molecule has 0 spiro atoms. The number of halogens is 6. The molecule has 1 saturated heterocycles. The van der Waals surface area contributed by atoms with Crippen LogP contribution in [0.1, 0.15) is 46.5 Å². The van der Waals surface area contributed by atoms with E-state index in [1.54, 1.807) is 25.7 Å². The van der Waals surface area contributed by atoms with Gasteiger partial charge in [-0.15, -0.1) is 0 Å². The van der Waals surface area contributed by atoms with Crippen LogP contribution in [0.25, 0.3) is 0 Å². The van der Waals surface area contributed by atoms with Crippen LogP contribution in [0.3, 0.4) is 0 Å². The van der Waals surface area contributed by atoms with E-state index in [0.717, 1.165) is 0 Å². The number of hydrogen-bond donors (Lipinski definition) is 1. The van der Waals surface area contributed by atoms with Crippen molar-refractivity contribution in [3.8, 4) is 0 Å². The summed E-state index contributed by atoms with van der Waals surface area (Å²) in [4.78, 5) is 27.2. The summed E-state index contributed by atoms with van der Waals surface area (Å²) in [6, 6.07) is 0. The first-order valence-corrected chi connectivity index (χ1v) is 11.9. The molecular weight excluding hydrogens is 484 g/mol. The second-order valence-corrected chi connectivity index (χ2v) is 11.8.